The van der Waals surface area contributed by atoms with E-state index in [1.807, 2.05) is 0 Å². The predicted molar refractivity (Wildman–Crippen MR) is 69.7 cm³/mol. The number of hydrogen-bond acceptors (Lipinski definition) is 4. The zero-order valence-corrected chi connectivity index (χ0v) is 11.7. The number of halogens is 4. The van der Waals surface area contributed by atoms with Crippen molar-refractivity contribution in [1.29, 1.82) is 0 Å². The first-order valence-electron chi connectivity index (χ1n) is 5.41. The molecule has 0 amide bonds. The summed E-state index contributed by atoms with van der Waals surface area (Å²) in [5.74, 6) is -1.38. The van der Waals surface area contributed by atoms with Crippen molar-refractivity contribution in [2.75, 3.05) is 5.75 Å². The molecule has 0 saturated heterocycles. The summed E-state index contributed by atoms with van der Waals surface area (Å²) in [6.45, 7) is 0. The Hall–Kier alpha value is -1.74. The van der Waals surface area contributed by atoms with E-state index in [-0.39, 0.29) is 21.6 Å². The molecule has 1 N–H and O–H groups in total. The van der Waals surface area contributed by atoms with Crippen LogP contribution in [0.4, 0.5) is 13.2 Å². The number of aliphatic carboxylic acids is 1. The standard InChI is InChI=1S/C11H7ClF3N3O2S/c12-7-2-1-6(11(13,14)15)3-8(7)18-5-16-17-10(18)21-4-9(19)20/h1-3,5H,4H2,(H,19,20). The molecular weight excluding hydrogens is 331 g/mol. The molecule has 10 heteroatoms. The van der Waals surface area contributed by atoms with Crippen LogP contribution in [-0.2, 0) is 11.0 Å². The fourth-order valence-corrected chi connectivity index (χ4v) is 2.34. The first-order valence-corrected chi connectivity index (χ1v) is 6.77. The van der Waals surface area contributed by atoms with Gasteiger partial charge in [0.25, 0.3) is 0 Å². The summed E-state index contributed by atoms with van der Waals surface area (Å²) >= 11 is 6.73. The largest absolute Gasteiger partial charge is 0.481 e. The number of carboxylic acid groups (broad SMARTS) is 1. The minimum atomic E-state index is -4.51. The smallest absolute Gasteiger partial charge is 0.416 e. The van der Waals surface area contributed by atoms with Crippen LogP contribution in [0, 0.1) is 0 Å². The highest BCUT2D eigenvalue weighted by atomic mass is 35.5. The van der Waals surface area contributed by atoms with Gasteiger partial charge in [0, 0.05) is 0 Å². The summed E-state index contributed by atoms with van der Waals surface area (Å²) in [6.07, 6.45) is -3.34. The lowest BCUT2D eigenvalue weighted by molar-refractivity contribution is -0.137. The van der Waals surface area contributed by atoms with Crippen molar-refractivity contribution < 1.29 is 23.1 Å². The third-order valence-electron chi connectivity index (χ3n) is 2.37. The molecule has 112 valence electrons. The van der Waals surface area contributed by atoms with Gasteiger partial charge in [-0.2, -0.15) is 13.2 Å². The van der Waals surface area contributed by atoms with Gasteiger partial charge in [0.05, 0.1) is 22.0 Å². The number of carbonyl (C=O) groups is 1. The molecule has 1 aromatic carbocycles. The Balaban J connectivity index is 2.42. The van der Waals surface area contributed by atoms with E-state index in [0.717, 1.165) is 30.0 Å². The summed E-state index contributed by atoms with van der Waals surface area (Å²) in [4.78, 5) is 10.5. The van der Waals surface area contributed by atoms with Gasteiger partial charge in [-0.1, -0.05) is 23.4 Å². The second-order valence-electron chi connectivity index (χ2n) is 3.83. The van der Waals surface area contributed by atoms with Crippen molar-refractivity contribution in [2.45, 2.75) is 11.3 Å². The van der Waals surface area contributed by atoms with Crippen molar-refractivity contribution in [3.63, 3.8) is 0 Å². The van der Waals surface area contributed by atoms with Gasteiger partial charge in [-0.05, 0) is 18.2 Å². The molecule has 2 aromatic rings. The van der Waals surface area contributed by atoms with E-state index in [0.29, 0.717) is 0 Å². The molecule has 0 radical (unpaired) electrons. The Bertz CT molecular complexity index is 675. The molecular formula is C11H7ClF3N3O2S. The van der Waals surface area contributed by atoms with Crippen LogP contribution >= 0.6 is 23.4 Å². The van der Waals surface area contributed by atoms with Crippen LogP contribution in [0.1, 0.15) is 5.56 Å². The van der Waals surface area contributed by atoms with Crippen LogP contribution in [-0.4, -0.2) is 31.6 Å². The molecule has 0 aliphatic carbocycles. The minimum Gasteiger partial charge on any atom is -0.481 e. The average molecular weight is 338 g/mol. The molecule has 0 unspecified atom stereocenters. The molecule has 21 heavy (non-hydrogen) atoms. The first kappa shape index (κ1) is 15.6. The number of aromatic nitrogens is 3. The second-order valence-corrected chi connectivity index (χ2v) is 5.18. The number of nitrogens with zero attached hydrogens (tertiary/aromatic N) is 3. The molecule has 0 bridgehead atoms. The Kier molecular flexibility index (Phi) is 4.43. The second kappa shape index (κ2) is 5.94. The first-order chi connectivity index (χ1) is 9.79. The van der Waals surface area contributed by atoms with Crippen LogP contribution in [0.5, 0.6) is 0 Å². The van der Waals surface area contributed by atoms with Gasteiger partial charge in [0.1, 0.15) is 6.33 Å². The highest BCUT2D eigenvalue weighted by Gasteiger charge is 2.31. The normalized spacial score (nSPS) is 11.6. The highest BCUT2D eigenvalue weighted by molar-refractivity contribution is 7.99. The molecule has 0 fully saturated rings. The van der Waals surface area contributed by atoms with Gasteiger partial charge in [-0.3, -0.25) is 9.36 Å². The number of benzene rings is 1. The lowest BCUT2D eigenvalue weighted by Gasteiger charge is -2.12. The predicted octanol–water partition coefficient (Wildman–Crippen LogP) is 3.12. The topological polar surface area (TPSA) is 68.0 Å². The van der Waals surface area contributed by atoms with E-state index in [4.69, 9.17) is 16.7 Å². The maximum Gasteiger partial charge on any atom is 0.416 e. The van der Waals surface area contributed by atoms with Gasteiger partial charge in [0.2, 0.25) is 0 Å². The number of carboxylic acids is 1. The van der Waals surface area contributed by atoms with E-state index in [2.05, 4.69) is 10.2 Å². The maximum atomic E-state index is 12.7. The van der Waals surface area contributed by atoms with Gasteiger partial charge in [-0.25, -0.2) is 0 Å². The highest BCUT2D eigenvalue weighted by Crippen LogP contribution is 2.34. The minimum absolute atomic E-state index is 0.0318. The Morgan fingerprint density at radius 2 is 2.14 bits per heavy atom. The molecule has 0 atom stereocenters. The van der Waals surface area contributed by atoms with Gasteiger partial charge >= 0.3 is 12.1 Å². The molecule has 0 aliphatic rings. The summed E-state index contributed by atoms with van der Waals surface area (Å²) < 4.78 is 39.4. The van der Waals surface area contributed by atoms with Crippen LogP contribution in [0.3, 0.4) is 0 Å². The van der Waals surface area contributed by atoms with Crippen molar-refractivity contribution in [3.8, 4) is 5.69 Å². The molecule has 0 spiro atoms. The van der Waals surface area contributed by atoms with Gasteiger partial charge < -0.3 is 5.11 Å². The Morgan fingerprint density at radius 1 is 1.43 bits per heavy atom. The quantitative estimate of drug-likeness (QED) is 0.868. The third-order valence-corrected chi connectivity index (χ3v) is 3.62. The molecule has 5 nitrogen and oxygen atoms in total. The lowest BCUT2D eigenvalue weighted by Crippen LogP contribution is -2.07. The van der Waals surface area contributed by atoms with E-state index < -0.39 is 17.7 Å². The van der Waals surface area contributed by atoms with Gasteiger partial charge in [0.15, 0.2) is 5.16 Å². The molecule has 2 rings (SSSR count). The third kappa shape index (κ3) is 3.67. The average Bonchev–Trinajstić information content (AvgIpc) is 2.83. The summed E-state index contributed by atoms with van der Waals surface area (Å²) in [6, 6.07) is 2.84. The number of thioether (sulfide) groups is 1. The van der Waals surface area contributed by atoms with Crippen molar-refractivity contribution in [1.82, 2.24) is 14.8 Å². The number of alkyl halides is 3. The fourth-order valence-electron chi connectivity index (χ4n) is 1.49. The Labute approximate surface area is 125 Å². The van der Waals surface area contributed by atoms with E-state index in [9.17, 15) is 18.0 Å². The van der Waals surface area contributed by atoms with Gasteiger partial charge in [-0.15, -0.1) is 10.2 Å². The molecule has 1 aromatic heterocycles. The van der Waals surface area contributed by atoms with E-state index in [1.165, 1.54) is 10.9 Å². The summed E-state index contributed by atoms with van der Waals surface area (Å²) in [5, 5.41) is 16.1. The maximum absolute atomic E-state index is 12.7. The monoisotopic (exact) mass is 337 g/mol. The number of rotatable bonds is 4. The summed E-state index contributed by atoms with van der Waals surface area (Å²) in [7, 11) is 0. The zero-order valence-electron chi connectivity index (χ0n) is 10.1. The van der Waals surface area contributed by atoms with Crippen molar-refractivity contribution in [2.24, 2.45) is 0 Å². The fraction of sp³-hybridized carbons (Fsp3) is 0.182. The molecule has 0 aliphatic heterocycles. The summed E-state index contributed by atoms with van der Waals surface area (Å²) in [5.41, 5.74) is -0.839. The van der Waals surface area contributed by atoms with Crippen LogP contribution in [0.2, 0.25) is 5.02 Å². The van der Waals surface area contributed by atoms with Crippen LogP contribution in [0.25, 0.3) is 5.69 Å². The Morgan fingerprint density at radius 3 is 2.76 bits per heavy atom. The van der Waals surface area contributed by atoms with Crippen molar-refractivity contribution in [3.05, 3.63) is 35.1 Å². The zero-order chi connectivity index (χ0) is 15.6. The number of hydrogen-bond donors (Lipinski definition) is 1. The SMILES string of the molecule is O=C(O)CSc1nncn1-c1cc(C(F)(F)F)ccc1Cl. The van der Waals surface area contributed by atoms with E-state index >= 15 is 0 Å². The van der Waals surface area contributed by atoms with E-state index in [1.54, 1.807) is 0 Å². The lowest BCUT2D eigenvalue weighted by atomic mass is 10.2. The molecule has 1 heterocycles. The molecule has 0 saturated carbocycles. The van der Waals surface area contributed by atoms with Crippen LogP contribution in [0.15, 0.2) is 29.7 Å². The van der Waals surface area contributed by atoms with Crippen LogP contribution < -0.4 is 0 Å². The van der Waals surface area contributed by atoms with Crippen molar-refractivity contribution >= 4 is 29.3 Å².